The van der Waals surface area contributed by atoms with Gasteiger partial charge in [0, 0.05) is 0 Å². The van der Waals surface area contributed by atoms with E-state index in [-0.39, 0.29) is 40.7 Å². The number of nitrogens with one attached hydrogen (secondary N) is 1. The van der Waals surface area contributed by atoms with Gasteiger partial charge in [-0.3, -0.25) is 4.79 Å². The van der Waals surface area contributed by atoms with E-state index >= 15 is 0 Å². The van der Waals surface area contributed by atoms with E-state index in [1.807, 2.05) is 20.8 Å². The summed E-state index contributed by atoms with van der Waals surface area (Å²) in [7, 11) is -3.32. The third kappa shape index (κ3) is 6.63. The Morgan fingerprint density at radius 1 is 1.06 bits per heavy atom. The molecule has 0 heterocycles. The first kappa shape index (κ1) is 24.6. The summed E-state index contributed by atoms with van der Waals surface area (Å²) in [6.07, 6.45) is -0.729. The number of ether oxygens (including phenoxy) is 1. The van der Waals surface area contributed by atoms with Crippen molar-refractivity contribution in [3.63, 3.8) is 0 Å². The molecule has 2 rings (SSSR count). The minimum atomic E-state index is -3.32. The summed E-state index contributed by atoms with van der Waals surface area (Å²) in [6.45, 7) is 7.24. The highest BCUT2D eigenvalue weighted by Crippen LogP contribution is 2.18. The molecule has 0 bridgehead atoms. The molecule has 7 nitrogen and oxygen atoms in total. The number of sulfone groups is 1. The number of carbonyl (C=O) groups is 2. The van der Waals surface area contributed by atoms with Crippen LogP contribution < -0.4 is 5.32 Å². The van der Waals surface area contributed by atoms with Gasteiger partial charge in [0.15, 0.2) is 9.84 Å². The van der Waals surface area contributed by atoms with Crippen molar-refractivity contribution in [2.45, 2.75) is 51.3 Å². The number of rotatable bonds is 10. The molecule has 0 radical (unpaired) electrons. The van der Waals surface area contributed by atoms with Gasteiger partial charge in [-0.15, -0.1) is 0 Å². The Morgan fingerprint density at radius 3 is 2.26 bits per heavy atom. The van der Waals surface area contributed by atoms with Crippen LogP contribution in [-0.2, 0) is 26.0 Å². The van der Waals surface area contributed by atoms with Crippen LogP contribution in [0.1, 0.15) is 55.2 Å². The van der Waals surface area contributed by atoms with Crippen LogP contribution in [0, 0.1) is 5.92 Å². The molecule has 0 aliphatic heterocycles. The topological polar surface area (TPSA) is 110 Å². The van der Waals surface area contributed by atoms with Gasteiger partial charge in [0.05, 0.1) is 28.9 Å². The molecule has 0 saturated carbocycles. The van der Waals surface area contributed by atoms with Crippen molar-refractivity contribution >= 4 is 21.7 Å². The minimum absolute atomic E-state index is 0.0136. The van der Waals surface area contributed by atoms with E-state index in [4.69, 9.17) is 9.84 Å². The highest BCUT2D eigenvalue weighted by Gasteiger charge is 2.25. The first-order chi connectivity index (χ1) is 14.5. The fourth-order valence-electron chi connectivity index (χ4n) is 3.05. The van der Waals surface area contributed by atoms with Crippen molar-refractivity contribution in [2.75, 3.05) is 5.75 Å². The zero-order chi connectivity index (χ0) is 23.2. The molecule has 2 N–H and O–H groups in total. The number of hydrogen-bond donors (Lipinski definition) is 2. The Labute approximate surface area is 183 Å². The number of carboxylic acids is 1. The number of aromatic carboxylic acids is 1. The third-order valence-electron chi connectivity index (χ3n) is 4.95. The maximum Gasteiger partial charge on any atom is 0.335 e. The van der Waals surface area contributed by atoms with Gasteiger partial charge in [-0.25, -0.2) is 13.2 Å². The molecule has 31 heavy (non-hydrogen) atoms. The van der Waals surface area contributed by atoms with Crippen molar-refractivity contribution in [3.8, 4) is 0 Å². The molecule has 0 aromatic heterocycles. The highest BCUT2D eigenvalue weighted by molar-refractivity contribution is 7.91. The van der Waals surface area contributed by atoms with Crippen LogP contribution in [0.5, 0.6) is 0 Å². The average Bonchev–Trinajstić information content (AvgIpc) is 2.73. The van der Waals surface area contributed by atoms with Crippen LogP contribution in [0.4, 0.5) is 0 Å². The Balaban J connectivity index is 2.06. The lowest BCUT2D eigenvalue weighted by molar-refractivity contribution is -0.137. The molecular weight excluding hydrogens is 418 g/mol. The van der Waals surface area contributed by atoms with Crippen molar-refractivity contribution in [1.82, 2.24) is 5.32 Å². The fourth-order valence-corrected chi connectivity index (χ4v) is 4.00. The molecule has 168 valence electrons. The Kier molecular flexibility index (Phi) is 8.36. The van der Waals surface area contributed by atoms with E-state index in [2.05, 4.69) is 5.32 Å². The summed E-state index contributed by atoms with van der Waals surface area (Å²) in [5.41, 5.74) is 1.63. The normalized spacial score (nSPS) is 13.6. The van der Waals surface area contributed by atoms with Crippen LogP contribution in [0.15, 0.2) is 53.4 Å². The SMILES string of the molecule is CCS(=O)(=O)c1cccc(COC(C(=O)NC(C)c2ccc(C(=O)O)cc2)C(C)C)c1. The maximum atomic E-state index is 12.8. The second kappa shape index (κ2) is 10.5. The molecule has 2 atom stereocenters. The van der Waals surface area contributed by atoms with E-state index in [1.165, 1.54) is 12.1 Å². The Bertz CT molecular complexity index is 1010. The van der Waals surface area contributed by atoms with Crippen molar-refractivity contribution < 1.29 is 27.9 Å². The Morgan fingerprint density at radius 2 is 1.71 bits per heavy atom. The van der Waals surface area contributed by atoms with Gasteiger partial charge < -0.3 is 15.2 Å². The second-order valence-electron chi connectivity index (χ2n) is 7.68. The largest absolute Gasteiger partial charge is 0.478 e. The highest BCUT2D eigenvalue weighted by atomic mass is 32.2. The quantitative estimate of drug-likeness (QED) is 0.576. The lowest BCUT2D eigenvalue weighted by Gasteiger charge is -2.24. The summed E-state index contributed by atoms with van der Waals surface area (Å²) in [5.74, 6) is -1.39. The molecule has 0 aliphatic rings. The molecule has 2 aromatic rings. The predicted octanol–water partition coefficient (Wildman–Crippen LogP) is 3.60. The standard InChI is InChI=1S/C23H29NO6S/c1-5-31(28,29)20-8-6-7-17(13-20)14-30-21(15(2)3)22(25)24-16(4)18-9-11-19(12-10-18)23(26)27/h6-13,15-16,21H,5,14H2,1-4H3,(H,24,25)(H,26,27). The first-order valence-corrected chi connectivity index (χ1v) is 11.8. The van der Waals surface area contributed by atoms with Gasteiger partial charge in [0.25, 0.3) is 0 Å². The van der Waals surface area contributed by atoms with Crippen molar-refractivity contribution in [1.29, 1.82) is 0 Å². The van der Waals surface area contributed by atoms with Crippen LogP contribution in [0.25, 0.3) is 0 Å². The monoisotopic (exact) mass is 447 g/mol. The van der Waals surface area contributed by atoms with E-state index in [0.717, 1.165) is 5.56 Å². The van der Waals surface area contributed by atoms with Crippen LogP contribution in [0.2, 0.25) is 0 Å². The molecule has 0 saturated heterocycles. The van der Waals surface area contributed by atoms with E-state index in [1.54, 1.807) is 43.3 Å². The molecular formula is C23H29NO6S. The molecule has 2 unspecified atom stereocenters. The number of hydrogen-bond acceptors (Lipinski definition) is 5. The summed E-state index contributed by atoms with van der Waals surface area (Å²) in [5, 5.41) is 11.9. The smallest absolute Gasteiger partial charge is 0.335 e. The lowest BCUT2D eigenvalue weighted by Crippen LogP contribution is -2.40. The zero-order valence-corrected chi connectivity index (χ0v) is 19.0. The van der Waals surface area contributed by atoms with E-state index in [0.29, 0.717) is 5.56 Å². The fraction of sp³-hybridized carbons (Fsp3) is 0.391. The molecule has 1 amide bonds. The first-order valence-electron chi connectivity index (χ1n) is 10.1. The summed E-state index contributed by atoms with van der Waals surface area (Å²) in [4.78, 5) is 24.0. The molecule has 2 aromatic carbocycles. The van der Waals surface area contributed by atoms with Crippen LogP contribution in [-0.4, -0.2) is 37.3 Å². The number of carboxylic acid groups (broad SMARTS) is 1. The van der Waals surface area contributed by atoms with Gasteiger partial charge in [-0.2, -0.15) is 0 Å². The summed E-state index contributed by atoms with van der Waals surface area (Å²) >= 11 is 0. The minimum Gasteiger partial charge on any atom is -0.478 e. The number of carbonyl (C=O) groups excluding carboxylic acids is 1. The van der Waals surface area contributed by atoms with Crippen molar-refractivity contribution in [2.24, 2.45) is 5.92 Å². The second-order valence-corrected chi connectivity index (χ2v) is 9.96. The number of benzene rings is 2. The zero-order valence-electron chi connectivity index (χ0n) is 18.2. The number of amides is 1. The third-order valence-corrected chi connectivity index (χ3v) is 6.68. The van der Waals surface area contributed by atoms with Gasteiger partial charge >= 0.3 is 5.97 Å². The van der Waals surface area contributed by atoms with Gasteiger partial charge in [-0.1, -0.05) is 45.0 Å². The molecule has 0 spiro atoms. The van der Waals surface area contributed by atoms with Crippen LogP contribution >= 0.6 is 0 Å². The molecule has 8 heteroatoms. The lowest BCUT2D eigenvalue weighted by atomic mass is 10.0. The Hall–Kier alpha value is -2.71. The average molecular weight is 448 g/mol. The van der Waals surface area contributed by atoms with Crippen LogP contribution in [0.3, 0.4) is 0 Å². The van der Waals surface area contributed by atoms with Crippen molar-refractivity contribution in [3.05, 3.63) is 65.2 Å². The molecule has 0 aliphatic carbocycles. The summed E-state index contributed by atoms with van der Waals surface area (Å²) < 4.78 is 30.0. The van der Waals surface area contributed by atoms with Gasteiger partial charge in [-0.05, 0) is 48.2 Å². The van der Waals surface area contributed by atoms with E-state index < -0.39 is 21.9 Å². The maximum absolute atomic E-state index is 12.8. The van der Waals surface area contributed by atoms with E-state index in [9.17, 15) is 18.0 Å². The predicted molar refractivity (Wildman–Crippen MR) is 118 cm³/mol. The summed E-state index contributed by atoms with van der Waals surface area (Å²) in [6, 6.07) is 12.5. The van der Waals surface area contributed by atoms with Gasteiger partial charge in [0.1, 0.15) is 6.10 Å². The molecule has 0 fully saturated rings. The van der Waals surface area contributed by atoms with Gasteiger partial charge in [0.2, 0.25) is 5.91 Å².